The monoisotopic (exact) mass is 411 g/mol. The number of benzene rings is 1. The van der Waals surface area contributed by atoms with E-state index in [0.717, 1.165) is 23.5 Å². The van der Waals surface area contributed by atoms with Gasteiger partial charge in [0.1, 0.15) is 21.4 Å². The van der Waals surface area contributed by atoms with Crippen molar-refractivity contribution in [2.24, 2.45) is 11.5 Å². The van der Waals surface area contributed by atoms with Crippen LogP contribution >= 0.6 is 23.5 Å². The average Bonchev–Trinajstić information content (AvgIpc) is 2.69. The molecule has 1 atom stereocenters. The van der Waals surface area contributed by atoms with Gasteiger partial charge in [-0.25, -0.2) is 9.83 Å². The summed E-state index contributed by atoms with van der Waals surface area (Å²) >= 11 is 2.09. The number of aromatic nitrogens is 1. The van der Waals surface area contributed by atoms with Crippen LogP contribution in [0.1, 0.15) is 28.9 Å². The molecule has 7 nitrogen and oxygen atoms in total. The van der Waals surface area contributed by atoms with E-state index in [-0.39, 0.29) is 17.0 Å². The van der Waals surface area contributed by atoms with E-state index >= 15 is 0 Å². The van der Waals surface area contributed by atoms with Gasteiger partial charge < -0.3 is 11.5 Å². The summed E-state index contributed by atoms with van der Waals surface area (Å²) in [5.41, 5.74) is 12.5. The number of nitrogens with two attached hydrogens (primary N) is 2. The number of amides is 2. The third kappa shape index (κ3) is 4.83. The second kappa shape index (κ2) is 9.79. The maximum atomic E-state index is 12.1. The Hall–Kier alpha value is -3.01. The molecular weight excluding hydrogens is 394 g/mol. The summed E-state index contributed by atoms with van der Waals surface area (Å²) in [5.74, 6) is -1.16. The summed E-state index contributed by atoms with van der Waals surface area (Å²) in [6.07, 6.45) is 0.424. The van der Waals surface area contributed by atoms with Crippen molar-refractivity contribution in [3.8, 4) is 6.07 Å². The fourth-order valence-electron chi connectivity index (χ4n) is 2.51. The molecule has 0 bridgehead atoms. The zero-order valence-corrected chi connectivity index (χ0v) is 16.6. The molecular formula is C19H17N5O2S2. The highest BCUT2D eigenvalue weighted by Crippen LogP contribution is 2.42. The molecule has 1 unspecified atom stereocenters. The lowest BCUT2D eigenvalue weighted by Gasteiger charge is -2.17. The van der Waals surface area contributed by atoms with Crippen LogP contribution in [0.3, 0.4) is 0 Å². The molecule has 0 radical (unpaired) electrons. The minimum absolute atomic E-state index is 0.0490. The number of hydrogen-bond donors (Lipinski definition) is 2. The summed E-state index contributed by atoms with van der Waals surface area (Å²) in [5, 5.41) is 9.53. The van der Waals surface area contributed by atoms with Crippen LogP contribution in [-0.4, -0.2) is 22.6 Å². The summed E-state index contributed by atoms with van der Waals surface area (Å²) in [7, 11) is 0. The SMILES string of the molecule is [C-]#[N+]c1c(SCC(N)=O)nc(SC(C(N)=O)c2ccccc2)c(C#N)c1CC. The lowest BCUT2D eigenvalue weighted by molar-refractivity contribution is -0.117. The Bertz CT molecular complexity index is 981. The summed E-state index contributed by atoms with van der Waals surface area (Å²) in [6.45, 7) is 9.29. The van der Waals surface area contributed by atoms with Gasteiger partial charge in [-0.2, -0.15) is 5.26 Å². The smallest absolute Gasteiger partial charge is 0.235 e. The molecule has 0 aliphatic rings. The molecule has 142 valence electrons. The number of thioether (sulfide) groups is 2. The van der Waals surface area contributed by atoms with E-state index < -0.39 is 17.1 Å². The molecule has 0 saturated heterocycles. The number of pyridine rings is 1. The molecule has 1 heterocycles. The highest BCUT2D eigenvalue weighted by molar-refractivity contribution is 8.00. The van der Waals surface area contributed by atoms with Crippen molar-refractivity contribution >= 4 is 41.0 Å². The lowest BCUT2D eigenvalue weighted by Crippen LogP contribution is -2.19. The fourth-order valence-corrected chi connectivity index (χ4v) is 4.37. The van der Waals surface area contributed by atoms with Crippen LogP contribution in [0.5, 0.6) is 0 Å². The van der Waals surface area contributed by atoms with Gasteiger partial charge in [-0.05, 0) is 17.5 Å². The third-order valence-electron chi connectivity index (χ3n) is 3.73. The number of carbonyl (C=O) groups excluding carboxylic acids is 2. The summed E-state index contributed by atoms with van der Waals surface area (Å²) in [6, 6.07) is 11.0. The van der Waals surface area contributed by atoms with E-state index in [1.165, 1.54) is 0 Å². The molecule has 1 aromatic carbocycles. The van der Waals surface area contributed by atoms with Crippen molar-refractivity contribution in [3.63, 3.8) is 0 Å². The first kappa shape index (κ1) is 21.3. The molecule has 1 aromatic heterocycles. The molecule has 2 rings (SSSR count). The van der Waals surface area contributed by atoms with Gasteiger partial charge in [0.15, 0.2) is 0 Å². The van der Waals surface area contributed by atoms with E-state index in [9.17, 15) is 14.9 Å². The van der Waals surface area contributed by atoms with Crippen LogP contribution in [0, 0.1) is 17.9 Å². The molecule has 9 heteroatoms. The number of hydrogen-bond acceptors (Lipinski definition) is 6. The van der Waals surface area contributed by atoms with Crippen molar-refractivity contribution in [2.45, 2.75) is 28.6 Å². The number of rotatable bonds is 8. The molecule has 0 aliphatic carbocycles. The van der Waals surface area contributed by atoms with Gasteiger partial charge in [0.2, 0.25) is 17.5 Å². The van der Waals surface area contributed by atoms with Gasteiger partial charge in [-0.3, -0.25) is 9.59 Å². The molecule has 2 amide bonds. The van der Waals surface area contributed by atoms with Crippen molar-refractivity contribution < 1.29 is 9.59 Å². The van der Waals surface area contributed by atoms with Gasteiger partial charge in [-0.15, -0.1) is 11.8 Å². The van der Waals surface area contributed by atoms with Crippen LogP contribution in [0.15, 0.2) is 40.4 Å². The molecule has 0 saturated carbocycles. The molecule has 28 heavy (non-hydrogen) atoms. The number of primary amides is 2. The van der Waals surface area contributed by atoms with Crippen molar-refractivity contribution in [1.82, 2.24) is 4.98 Å². The van der Waals surface area contributed by atoms with E-state index in [1.807, 2.05) is 13.0 Å². The maximum Gasteiger partial charge on any atom is 0.235 e. The van der Waals surface area contributed by atoms with Crippen molar-refractivity contribution in [3.05, 3.63) is 58.4 Å². The van der Waals surface area contributed by atoms with Gasteiger partial charge in [-0.1, -0.05) is 49.0 Å². The summed E-state index contributed by atoms with van der Waals surface area (Å²) in [4.78, 5) is 31.1. The van der Waals surface area contributed by atoms with Crippen LogP contribution in [-0.2, 0) is 16.0 Å². The quantitative estimate of drug-likeness (QED) is 0.508. The minimum atomic E-state index is -0.752. The predicted octanol–water partition coefficient (Wildman–Crippen LogP) is 2.96. The Balaban J connectivity index is 2.59. The third-order valence-corrected chi connectivity index (χ3v) is 5.97. The zero-order chi connectivity index (χ0) is 20.7. The van der Waals surface area contributed by atoms with E-state index in [1.54, 1.807) is 24.3 Å². The first-order valence-electron chi connectivity index (χ1n) is 8.19. The summed E-state index contributed by atoms with van der Waals surface area (Å²) < 4.78 is 0. The normalized spacial score (nSPS) is 11.2. The lowest BCUT2D eigenvalue weighted by atomic mass is 10.1. The second-order valence-electron chi connectivity index (χ2n) is 5.57. The highest BCUT2D eigenvalue weighted by atomic mass is 32.2. The first-order valence-corrected chi connectivity index (χ1v) is 10.1. The molecule has 0 aliphatic heterocycles. The van der Waals surface area contributed by atoms with Crippen LogP contribution in [0.25, 0.3) is 4.85 Å². The van der Waals surface area contributed by atoms with Gasteiger partial charge >= 0.3 is 0 Å². The second-order valence-corrected chi connectivity index (χ2v) is 7.63. The van der Waals surface area contributed by atoms with E-state index in [4.69, 9.17) is 18.0 Å². The molecule has 0 spiro atoms. The average molecular weight is 412 g/mol. The maximum absolute atomic E-state index is 12.1. The molecule has 2 aromatic rings. The Labute approximate surface area is 171 Å². The van der Waals surface area contributed by atoms with Gasteiger partial charge in [0.25, 0.3) is 0 Å². The Morgan fingerprint density at radius 1 is 1.29 bits per heavy atom. The van der Waals surface area contributed by atoms with Gasteiger partial charge in [0, 0.05) is 0 Å². The largest absolute Gasteiger partial charge is 0.369 e. The zero-order valence-electron chi connectivity index (χ0n) is 15.0. The molecule has 0 fully saturated rings. The minimum Gasteiger partial charge on any atom is -0.369 e. The van der Waals surface area contributed by atoms with Crippen LogP contribution < -0.4 is 11.5 Å². The number of nitrogens with zero attached hydrogens (tertiary/aromatic N) is 3. The molecule has 4 N–H and O–H groups in total. The van der Waals surface area contributed by atoms with Crippen LogP contribution in [0.2, 0.25) is 0 Å². The fraction of sp³-hybridized carbons (Fsp3) is 0.211. The Kier molecular flexibility index (Phi) is 7.44. The van der Waals surface area contributed by atoms with Crippen molar-refractivity contribution in [1.29, 1.82) is 5.26 Å². The van der Waals surface area contributed by atoms with Gasteiger partial charge in [0.05, 0.1) is 17.9 Å². The standard InChI is InChI=1S/C19H17N5O2S2/c1-3-12-13(9-20)18(24-19(15(12)23-2)27-10-14(21)25)28-16(17(22)26)11-7-5-4-6-8-11/h4-8,16H,3,10H2,1H3,(H2,21,25)(H2,22,26). The highest BCUT2D eigenvalue weighted by Gasteiger charge is 2.25. The van der Waals surface area contributed by atoms with Crippen LogP contribution in [0.4, 0.5) is 5.69 Å². The Morgan fingerprint density at radius 3 is 2.46 bits per heavy atom. The van der Waals surface area contributed by atoms with E-state index in [2.05, 4.69) is 15.9 Å². The van der Waals surface area contributed by atoms with E-state index in [0.29, 0.717) is 27.6 Å². The Morgan fingerprint density at radius 2 is 1.96 bits per heavy atom. The predicted molar refractivity (Wildman–Crippen MR) is 109 cm³/mol. The number of carbonyl (C=O) groups is 2. The van der Waals surface area contributed by atoms with Crippen molar-refractivity contribution in [2.75, 3.05) is 5.75 Å². The topological polar surface area (TPSA) is 127 Å². The first-order chi connectivity index (χ1) is 13.4. The number of nitriles is 1.